The van der Waals surface area contributed by atoms with Crippen LogP contribution >= 0.6 is 23.2 Å². The molecular weight excluding hydrogens is 165 g/mol. The zero-order valence-electron chi connectivity index (χ0n) is 4.65. The number of carbonyl (C=O) groups excluding carboxylic acids is 2. The van der Waals surface area contributed by atoms with Gasteiger partial charge in [0, 0.05) is 0 Å². The van der Waals surface area contributed by atoms with E-state index in [-0.39, 0.29) is 0 Å². The molecule has 52 valence electrons. The summed E-state index contributed by atoms with van der Waals surface area (Å²) in [6.45, 7) is 1.44. The molecule has 1 N–H and O–H groups in total. The molecule has 0 saturated carbocycles. The summed E-state index contributed by atoms with van der Waals surface area (Å²) in [6, 6.07) is -0.711. The first kappa shape index (κ1) is 8.72. The fourth-order valence-electron chi connectivity index (χ4n) is 0.227. The number of halogens is 2. The number of amides is 1. The van der Waals surface area contributed by atoms with Gasteiger partial charge in [-0.3, -0.25) is 9.59 Å². The number of hydrogen-bond donors (Lipinski definition) is 1. The topological polar surface area (TPSA) is 46.2 Å². The maximum atomic E-state index is 10.2. The van der Waals surface area contributed by atoms with Crippen LogP contribution in [0.5, 0.6) is 0 Å². The molecule has 0 aliphatic rings. The fourth-order valence-corrected chi connectivity index (χ4v) is 0.445. The van der Waals surface area contributed by atoms with E-state index in [0.717, 1.165) is 0 Å². The Morgan fingerprint density at radius 3 is 2.00 bits per heavy atom. The highest BCUT2D eigenvalue weighted by atomic mass is 35.5. The van der Waals surface area contributed by atoms with Crippen molar-refractivity contribution in [1.82, 2.24) is 5.32 Å². The minimum atomic E-state index is -0.781. The number of carbonyl (C=O) groups is 2. The highest BCUT2D eigenvalue weighted by Gasteiger charge is 2.10. The van der Waals surface area contributed by atoms with Crippen LogP contribution in [-0.2, 0) is 4.79 Å². The molecule has 0 radical (unpaired) electrons. The highest BCUT2D eigenvalue weighted by Crippen LogP contribution is 1.90. The SMILES string of the molecule is C[C@H](NC(=O)Cl)C(=O)Cl. The van der Waals surface area contributed by atoms with Crippen molar-refractivity contribution in [3.8, 4) is 0 Å². The minimum absolute atomic E-state index is 0.635. The first-order chi connectivity index (χ1) is 4.04. The minimum Gasteiger partial charge on any atom is -0.332 e. The van der Waals surface area contributed by atoms with Gasteiger partial charge in [0.2, 0.25) is 5.24 Å². The summed E-state index contributed by atoms with van der Waals surface area (Å²) in [6.07, 6.45) is 0. The van der Waals surface area contributed by atoms with E-state index in [1.807, 2.05) is 0 Å². The molecule has 0 aromatic rings. The van der Waals surface area contributed by atoms with Gasteiger partial charge in [0.25, 0.3) is 0 Å². The van der Waals surface area contributed by atoms with Crippen LogP contribution in [-0.4, -0.2) is 16.7 Å². The quantitative estimate of drug-likeness (QED) is 0.497. The van der Waals surface area contributed by atoms with Crippen molar-refractivity contribution in [1.29, 1.82) is 0 Å². The zero-order valence-corrected chi connectivity index (χ0v) is 6.16. The summed E-state index contributed by atoms with van der Waals surface area (Å²) >= 11 is 9.82. The molecule has 5 heteroatoms. The second-order valence-electron chi connectivity index (χ2n) is 1.44. The van der Waals surface area contributed by atoms with Crippen LogP contribution in [0.3, 0.4) is 0 Å². The Balaban J connectivity index is 3.63. The average molecular weight is 170 g/mol. The van der Waals surface area contributed by atoms with Gasteiger partial charge in [-0.05, 0) is 30.1 Å². The molecule has 0 heterocycles. The largest absolute Gasteiger partial charge is 0.332 e. The van der Waals surface area contributed by atoms with E-state index in [1.165, 1.54) is 6.92 Å². The summed E-state index contributed by atoms with van der Waals surface area (Å²) in [5.74, 6) is 0. The van der Waals surface area contributed by atoms with E-state index >= 15 is 0 Å². The van der Waals surface area contributed by atoms with Crippen molar-refractivity contribution >= 4 is 33.8 Å². The number of rotatable bonds is 2. The predicted molar refractivity (Wildman–Crippen MR) is 34.7 cm³/mol. The first-order valence-corrected chi connectivity index (χ1v) is 2.95. The fraction of sp³-hybridized carbons (Fsp3) is 0.500. The van der Waals surface area contributed by atoms with Gasteiger partial charge >= 0.3 is 5.37 Å². The maximum Gasteiger partial charge on any atom is 0.314 e. The Bertz CT molecular complexity index is 137. The Labute approximate surface area is 62.3 Å². The van der Waals surface area contributed by atoms with Crippen LogP contribution in [0.1, 0.15) is 6.92 Å². The van der Waals surface area contributed by atoms with E-state index in [2.05, 4.69) is 5.32 Å². The van der Waals surface area contributed by atoms with Gasteiger partial charge in [0.1, 0.15) is 6.04 Å². The maximum absolute atomic E-state index is 10.2. The van der Waals surface area contributed by atoms with Crippen molar-refractivity contribution in [2.24, 2.45) is 0 Å². The molecule has 0 unspecified atom stereocenters. The van der Waals surface area contributed by atoms with E-state index in [1.54, 1.807) is 0 Å². The first-order valence-electron chi connectivity index (χ1n) is 2.19. The van der Waals surface area contributed by atoms with E-state index < -0.39 is 16.7 Å². The molecule has 0 fully saturated rings. The standard InChI is InChI=1S/C4H5Cl2NO2/c1-2(3(5)8)7-4(6)9/h2H,1H3,(H,7,9)/t2-/m0/s1. The van der Waals surface area contributed by atoms with E-state index in [0.29, 0.717) is 0 Å². The summed E-state index contributed by atoms with van der Waals surface area (Å²) in [4.78, 5) is 20.2. The lowest BCUT2D eigenvalue weighted by atomic mass is 10.4. The molecule has 9 heavy (non-hydrogen) atoms. The molecule has 0 bridgehead atoms. The molecule has 0 aliphatic carbocycles. The molecule has 3 nitrogen and oxygen atoms in total. The molecule has 0 aromatic heterocycles. The molecule has 0 rings (SSSR count). The van der Waals surface area contributed by atoms with Gasteiger partial charge in [-0.15, -0.1) is 0 Å². The summed E-state index contributed by atoms with van der Waals surface area (Å²) in [7, 11) is 0. The highest BCUT2D eigenvalue weighted by molar-refractivity contribution is 6.66. The van der Waals surface area contributed by atoms with Gasteiger partial charge in [0.05, 0.1) is 0 Å². The van der Waals surface area contributed by atoms with Crippen molar-refractivity contribution < 1.29 is 9.59 Å². The normalized spacial score (nSPS) is 12.3. The van der Waals surface area contributed by atoms with Gasteiger partial charge in [-0.2, -0.15) is 0 Å². The summed E-state index contributed by atoms with van der Waals surface area (Å²) in [5, 5.41) is 0.671. The zero-order chi connectivity index (χ0) is 7.44. The smallest absolute Gasteiger partial charge is 0.314 e. The Hall–Kier alpha value is -0.280. The van der Waals surface area contributed by atoms with Crippen molar-refractivity contribution in [2.45, 2.75) is 13.0 Å². The molecule has 0 aliphatic heterocycles. The second kappa shape index (κ2) is 3.69. The summed E-state index contributed by atoms with van der Waals surface area (Å²) in [5.41, 5.74) is 0. The molecule has 1 amide bonds. The second-order valence-corrected chi connectivity index (χ2v) is 2.16. The third kappa shape index (κ3) is 4.24. The lowest BCUT2D eigenvalue weighted by Crippen LogP contribution is -2.32. The third-order valence-electron chi connectivity index (χ3n) is 0.670. The Morgan fingerprint density at radius 2 is 1.89 bits per heavy atom. The number of nitrogens with one attached hydrogen (secondary N) is 1. The van der Waals surface area contributed by atoms with Crippen LogP contribution < -0.4 is 5.32 Å². The van der Waals surface area contributed by atoms with Gasteiger partial charge in [-0.1, -0.05) is 0 Å². The van der Waals surface area contributed by atoms with Gasteiger partial charge < -0.3 is 5.32 Å². The number of hydrogen-bond acceptors (Lipinski definition) is 2. The van der Waals surface area contributed by atoms with E-state index in [9.17, 15) is 9.59 Å². The van der Waals surface area contributed by atoms with Gasteiger partial charge in [-0.25, -0.2) is 0 Å². The molecule has 0 spiro atoms. The van der Waals surface area contributed by atoms with Crippen LogP contribution in [0.25, 0.3) is 0 Å². The van der Waals surface area contributed by atoms with Crippen molar-refractivity contribution in [2.75, 3.05) is 0 Å². The van der Waals surface area contributed by atoms with Crippen LogP contribution in [0.4, 0.5) is 4.79 Å². The van der Waals surface area contributed by atoms with Crippen LogP contribution in [0.15, 0.2) is 0 Å². The van der Waals surface area contributed by atoms with Crippen molar-refractivity contribution in [3.63, 3.8) is 0 Å². The lowest BCUT2D eigenvalue weighted by molar-refractivity contribution is -0.112. The monoisotopic (exact) mass is 169 g/mol. The Kier molecular flexibility index (Phi) is 3.58. The lowest BCUT2D eigenvalue weighted by Gasteiger charge is -2.03. The Morgan fingerprint density at radius 1 is 1.44 bits per heavy atom. The average Bonchev–Trinajstić information content (AvgIpc) is 1.63. The predicted octanol–water partition coefficient (Wildman–Crippen LogP) is 1.09. The summed E-state index contributed by atoms with van der Waals surface area (Å²) < 4.78 is 0. The molecule has 0 aromatic carbocycles. The molecule has 1 atom stereocenters. The van der Waals surface area contributed by atoms with Gasteiger partial charge in [0.15, 0.2) is 0 Å². The van der Waals surface area contributed by atoms with Crippen LogP contribution in [0, 0.1) is 0 Å². The van der Waals surface area contributed by atoms with Crippen molar-refractivity contribution in [3.05, 3.63) is 0 Å². The molecular formula is C4H5Cl2NO2. The van der Waals surface area contributed by atoms with Crippen LogP contribution in [0.2, 0.25) is 0 Å². The molecule has 0 saturated heterocycles. The third-order valence-corrected chi connectivity index (χ3v) is 1.11. The van der Waals surface area contributed by atoms with E-state index in [4.69, 9.17) is 23.2 Å².